The number of halogens is 1. The van der Waals surface area contributed by atoms with Crippen molar-refractivity contribution in [1.82, 2.24) is 5.32 Å². The summed E-state index contributed by atoms with van der Waals surface area (Å²) in [4.78, 5) is 12.6. The number of anilines is 1. The van der Waals surface area contributed by atoms with E-state index in [2.05, 4.69) is 5.32 Å². The number of amides is 1. The first-order valence-electron chi connectivity index (χ1n) is 7.49. The zero-order chi connectivity index (χ0) is 16.6. The molecule has 0 bridgehead atoms. The SMILES string of the molecule is CC1(C)CC(NC(=O)c2ccccc2Cl)c2cc(N)ccc2O1. The summed E-state index contributed by atoms with van der Waals surface area (Å²) in [7, 11) is 0. The van der Waals surface area contributed by atoms with Gasteiger partial charge in [-0.25, -0.2) is 0 Å². The molecule has 2 aromatic carbocycles. The second-order valence-corrected chi connectivity index (χ2v) is 6.78. The molecule has 0 aromatic heterocycles. The Bertz CT molecular complexity index is 758. The molecule has 3 N–H and O–H groups in total. The maximum absolute atomic E-state index is 12.6. The monoisotopic (exact) mass is 330 g/mol. The van der Waals surface area contributed by atoms with Gasteiger partial charge in [-0.3, -0.25) is 4.79 Å². The number of benzene rings is 2. The first-order valence-corrected chi connectivity index (χ1v) is 7.87. The van der Waals surface area contributed by atoms with Crippen molar-refractivity contribution in [2.24, 2.45) is 0 Å². The molecule has 1 aliphatic heterocycles. The molecule has 23 heavy (non-hydrogen) atoms. The highest BCUT2D eigenvalue weighted by molar-refractivity contribution is 6.33. The van der Waals surface area contributed by atoms with E-state index in [-0.39, 0.29) is 17.6 Å². The van der Waals surface area contributed by atoms with Gasteiger partial charge in [-0.2, -0.15) is 0 Å². The first kappa shape index (κ1) is 15.7. The number of hydrogen-bond acceptors (Lipinski definition) is 3. The van der Waals surface area contributed by atoms with Crippen molar-refractivity contribution in [3.8, 4) is 5.75 Å². The number of carbonyl (C=O) groups excluding carboxylic acids is 1. The summed E-state index contributed by atoms with van der Waals surface area (Å²) in [5.74, 6) is 0.548. The average molecular weight is 331 g/mol. The van der Waals surface area contributed by atoms with Gasteiger partial charge in [-0.05, 0) is 44.2 Å². The molecule has 0 radical (unpaired) electrons. The molecule has 1 unspecified atom stereocenters. The first-order chi connectivity index (χ1) is 10.9. The number of fused-ring (bicyclic) bond motifs is 1. The van der Waals surface area contributed by atoms with Gasteiger partial charge in [-0.15, -0.1) is 0 Å². The van der Waals surface area contributed by atoms with E-state index in [1.807, 2.05) is 26.0 Å². The molecule has 4 nitrogen and oxygen atoms in total. The number of ether oxygens (including phenoxy) is 1. The third-order valence-corrected chi connectivity index (χ3v) is 4.24. The van der Waals surface area contributed by atoms with Crippen LogP contribution in [0.4, 0.5) is 5.69 Å². The number of nitrogens with one attached hydrogen (secondary N) is 1. The molecule has 1 atom stereocenters. The van der Waals surface area contributed by atoms with Gasteiger partial charge in [0, 0.05) is 17.7 Å². The van der Waals surface area contributed by atoms with Crippen molar-refractivity contribution >= 4 is 23.2 Å². The van der Waals surface area contributed by atoms with Gasteiger partial charge >= 0.3 is 0 Å². The summed E-state index contributed by atoms with van der Waals surface area (Å²) in [6.07, 6.45) is 0.652. The maximum atomic E-state index is 12.6. The normalized spacial score (nSPS) is 18.7. The van der Waals surface area contributed by atoms with Crippen molar-refractivity contribution < 1.29 is 9.53 Å². The van der Waals surface area contributed by atoms with Crippen molar-refractivity contribution in [2.45, 2.75) is 31.9 Å². The lowest BCUT2D eigenvalue weighted by atomic mass is 9.89. The molecule has 1 aliphatic rings. The highest BCUT2D eigenvalue weighted by Crippen LogP contribution is 2.40. The number of hydrogen-bond donors (Lipinski definition) is 2. The summed E-state index contributed by atoms with van der Waals surface area (Å²) >= 11 is 6.11. The van der Waals surface area contributed by atoms with E-state index in [0.717, 1.165) is 11.3 Å². The van der Waals surface area contributed by atoms with Crippen LogP contribution >= 0.6 is 11.6 Å². The van der Waals surface area contributed by atoms with Crippen LogP contribution in [-0.2, 0) is 0 Å². The summed E-state index contributed by atoms with van der Waals surface area (Å²) in [6, 6.07) is 12.3. The van der Waals surface area contributed by atoms with Crippen LogP contribution in [0.1, 0.15) is 42.2 Å². The number of nitrogens with two attached hydrogens (primary N) is 1. The van der Waals surface area contributed by atoms with Crippen molar-refractivity contribution in [2.75, 3.05) is 5.73 Å². The van der Waals surface area contributed by atoms with E-state index >= 15 is 0 Å². The molecule has 2 aromatic rings. The van der Waals surface area contributed by atoms with Crippen LogP contribution in [0.25, 0.3) is 0 Å². The predicted octanol–water partition coefficient (Wildman–Crippen LogP) is 3.95. The van der Waals surface area contributed by atoms with E-state index in [1.165, 1.54) is 0 Å². The Morgan fingerprint density at radius 2 is 2.04 bits per heavy atom. The van der Waals surface area contributed by atoms with Gasteiger partial charge in [-0.1, -0.05) is 23.7 Å². The van der Waals surface area contributed by atoms with Crippen LogP contribution in [0.15, 0.2) is 42.5 Å². The minimum absolute atomic E-state index is 0.180. The summed E-state index contributed by atoms with van der Waals surface area (Å²) in [6.45, 7) is 4.00. The van der Waals surface area contributed by atoms with Crippen molar-refractivity contribution in [3.05, 3.63) is 58.6 Å². The van der Waals surface area contributed by atoms with Crippen LogP contribution < -0.4 is 15.8 Å². The molecule has 0 aliphatic carbocycles. The third kappa shape index (κ3) is 3.27. The molecule has 3 rings (SSSR count). The Kier molecular flexibility index (Phi) is 3.94. The molecule has 120 valence electrons. The molecule has 0 saturated heterocycles. The molecular weight excluding hydrogens is 312 g/mol. The standard InChI is InChI=1S/C18H19ClN2O2/c1-18(2)10-15(13-9-11(20)7-8-16(13)23-18)21-17(22)12-5-3-4-6-14(12)19/h3-9,15H,10,20H2,1-2H3,(H,21,22). The quantitative estimate of drug-likeness (QED) is 0.819. The Balaban J connectivity index is 1.92. The fraction of sp³-hybridized carbons (Fsp3) is 0.278. The van der Waals surface area contributed by atoms with E-state index in [0.29, 0.717) is 22.7 Å². The Hall–Kier alpha value is -2.20. The van der Waals surface area contributed by atoms with Gasteiger partial charge in [0.2, 0.25) is 0 Å². The van der Waals surface area contributed by atoms with Gasteiger partial charge in [0.1, 0.15) is 11.4 Å². The van der Waals surface area contributed by atoms with Gasteiger partial charge in [0.15, 0.2) is 0 Å². The Morgan fingerprint density at radius 1 is 1.30 bits per heavy atom. The summed E-state index contributed by atoms with van der Waals surface area (Å²) in [5, 5.41) is 3.49. The lowest BCUT2D eigenvalue weighted by Gasteiger charge is -2.38. The van der Waals surface area contributed by atoms with E-state index < -0.39 is 0 Å². The van der Waals surface area contributed by atoms with Crippen LogP contribution in [0.3, 0.4) is 0 Å². The van der Waals surface area contributed by atoms with Crippen LogP contribution in [-0.4, -0.2) is 11.5 Å². The summed E-state index contributed by atoms with van der Waals surface area (Å²) < 4.78 is 5.98. The van der Waals surface area contributed by atoms with Gasteiger partial charge in [0.05, 0.1) is 16.6 Å². The number of carbonyl (C=O) groups is 1. The van der Waals surface area contributed by atoms with Gasteiger partial charge in [0.25, 0.3) is 5.91 Å². The zero-order valence-corrected chi connectivity index (χ0v) is 13.9. The van der Waals surface area contributed by atoms with Gasteiger partial charge < -0.3 is 15.8 Å². The Morgan fingerprint density at radius 3 is 2.78 bits per heavy atom. The van der Waals surface area contributed by atoms with Crippen LogP contribution in [0, 0.1) is 0 Å². The van der Waals surface area contributed by atoms with E-state index in [9.17, 15) is 4.79 Å². The average Bonchev–Trinajstić information content (AvgIpc) is 2.47. The zero-order valence-electron chi connectivity index (χ0n) is 13.1. The molecule has 0 spiro atoms. The molecular formula is C18H19ClN2O2. The van der Waals surface area contributed by atoms with Crippen molar-refractivity contribution in [3.63, 3.8) is 0 Å². The fourth-order valence-corrected chi connectivity index (χ4v) is 3.10. The third-order valence-electron chi connectivity index (χ3n) is 3.92. The highest BCUT2D eigenvalue weighted by Gasteiger charge is 2.34. The smallest absolute Gasteiger partial charge is 0.253 e. The summed E-state index contributed by atoms with van der Waals surface area (Å²) in [5.41, 5.74) is 7.51. The number of rotatable bonds is 2. The van der Waals surface area contributed by atoms with Crippen molar-refractivity contribution in [1.29, 1.82) is 0 Å². The van der Waals surface area contributed by atoms with Crippen LogP contribution in [0.5, 0.6) is 5.75 Å². The Labute approximate surface area is 140 Å². The second-order valence-electron chi connectivity index (χ2n) is 6.37. The lowest BCUT2D eigenvalue weighted by molar-refractivity contribution is 0.0620. The van der Waals surface area contributed by atoms with E-state index in [4.69, 9.17) is 22.1 Å². The minimum Gasteiger partial charge on any atom is -0.487 e. The fourth-order valence-electron chi connectivity index (χ4n) is 2.88. The topological polar surface area (TPSA) is 64.4 Å². The molecule has 0 saturated carbocycles. The van der Waals surface area contributed by atoms with E-state index in [1.54, 1.807) is 30.3 Å². The number of nitrogen functional groups attached to an aromatic ring is 1. The second kappa shape index (κ2) is 5.78. The largest absolute Gasteiger partial charge is 0.487 e. The van der Waals surface area contributed by atoms with Crippen LogP contribution in [0.2, 0.25) is 5.02 Å². The molecule has 5 heteroatoms. The maximum Gasteiger partial charge on any atom is 0.253 e. The lowest BCUT2D eigenvalue weighted by Crippen LogP contribution is -2.41. The molecule has 1 heterocycles. The molecule has 1 amide bonds. The highest BCUT2D eigenvalue weighted by atomic mass is 35.5. The predicted molar refractivity (Wildman–Crippen MR) is 91.8 cm³/mol. The molecule has 0 fully saturated rings. The minimum atomic E-state index is -0.373.